The summed E-state index contributed by atoms with van der Waals surface area (Å²) in [5, 5.41) is 14.0. The van der Waals surface area contributed by atoms with Gasteiger partial charge in [0, 0.05) is 11.4 Å². The van der Waals surface area contributed by atoms with Crippen LogP contribution in [0.2, 0.25) is 0 Å². The Morgan fingerprint density at radius 1 is 0.955 bits per heavy atom. The number of hydrogen-bond donors (Lipinski definition) is 2. The SMILES string of the molecule is Cc1cccc(Nc2cnnc(Nc3ccc(F)cc3)n2)c1. The summed E-state index contributed by atoms with van der Waals surface area (Å²) in [4.78, 5) is 4.33. The molecule has 0 aliphatic carbocycles. The van der Waals surface area contributed by atoms with Crippen molar-refractivity contribution in [2.75, 3.05) is 10.6 Å². The van der Waals surface area contributed by atoms with E-state index in [0.717, 1.165) is 11.3 Å². The molecule has 0 saturated heterocycles. The second kappa shape index (κ2) is 6.17. The lowest BCUT2D eigenvalue weighted by Crippen LogP contribution is -2.02. The van der Waals surface area contributed by atoms with E-state index in [4.69, 9.17) is 0 Å². The predicted octanol–water partition coefficient (Wildman–Crippen LogP) is 3.81. The Labute approximate surface area is 127 Å². The van der Waals surface area contributed by atoms with E-state index in [0.29, 0.717) is 17.5 Å². The van der Waals surface area contributed by atoms with Gasteiger partial charge in [0.2, 0.25) is 5.95 Å². The molecule has 2 aromatic carbocycles. The molecule has 0 unspecified atom stereocenters. The van der Waals surface area contributed by atoms with E-state index in [1.165, 1.54) is 18.3 Å². The third-order valence-corrected chi connectivity index (χ3v) is 2.95. The fourth-order valence-electron chi connectivity index (χ4n) is 1.95. The van der Waals surface area contributed by atoms with Crippen LogP contribution in [0.4, 0.5) is 27.5 Å². The van der Waals surface area contributed by atoms with Crippen LogP contribution in [-0.4, -0.2) is 15.2 Å². The van der Waals surface area contributed by atoms with Crippen LogP contribution in [0.1, 0.15) is 5.56 Å². The minimum atomic E-state index is -0.292. The largest absolute Gasteiger partial charge is 0.339 e. The molecular weight excluding hydrogens is 281 g/mol. The number of halogens is 1. The zero-order valence-corrected chi connectivity index (χ0v) is 11.9. The minimum Gasteiger partial charge on any atom is -0.339 e. The zero-order valence-electron chi connectivity index (χ0n) is 11.9. The van der Waals surface area contributed by atoms with Crippen molar-refractivity contribution in [3.63, 3.8) is 0 Å². The van der Waals surface area contributed by atoms with E-state index < -0.39 is 0 Å². The maximum atomic E-state index is 12.9. The Hall–Kier alpha value is -3.02. The molecule has 0 aliphatic heterocycles. The van der Waals surface area contributed by atoms with Crippen molar-refractivity contribution < 1.29 is 4.39 Å². The first-order valence-electron chi connectivity index (χ1n) is 6.75. The van der Waals surface area contributed by atoms with Crippen LogP contribution in [-0.2, 0) is 0 Å². The van der Waals surface area contributed by atoms with E-state index in [-0.39, 0.29) is 5.82 Å². The maximum Gasteiger partial charge on any atom is 0.249 e. The smallest absolute Gasteiger partial charge is 0.249 e. The summed E-state index contributed by atoms with van der Waals surface area (Å²) in [6.07, 6.45) is 1.54. The quantitative estimate of drug-likeness (QED) is 0.766. The Kier molecular flexibility index (Phi) is 3.91. The number of nitrogens with one attached hydrogen (secondary N) is 2. The van der Waals surface area contributed by atoms with Crippen LogP contribution in [0.5, 0.6) is 0 Å². The molecule has 0 fully saturated rings. The number of aromatic nitrogens is 3. The summed E-state index contributed by atoms with van der Waals surface area (Å²) in [6.45, 7) is 2.02. The molecule has 0 atom stereocenters. The molecule has 110 valence electrons. The van der Waals surface area contributed by atoms with Crippen LogP contribution < -0.4 is 10.6 Å². The number of aryl methyl sites for hydroxylation is 1. The second-order valence-electron chi connectivity index (χ2n) is 4.79. The number of benzene rings is 2. The molecule has 0 bridgehead atoms. The van der Waals surface area contributed by atoms with Gasteiger partial charge in [0.15, 0.2) is 5.82 Å². The lowest BCUT2D eigenvalue weighted by Gasteiger charge is -2.08. The van der Waals surface area contributed by atoms with Gasteiger partial charge in [0.1, 0.15) is 5.82 Å². The number of anilines is 4. The lowest BCUT2D eigenvalue weighted by atomic mass is 10.2. The number of rotatable bonds is 4. The van der Waals surface area contributed by atoms with Crippen molar-refractivity contribution in [3.8, 4) is 0 Å². The molecule has 0 radical (unpaired) electrons. The Morgan fingerprint density at radius 2 is 1.77 bits per heavy atom. The molecular formula is C16H14FN5. The normalized spacial score (nSPS) is 10.3. The Morgan fingerprint density at radius 3 is 2.55 bits per heavy atom. The summed E-state index contributed by atoms with van der Waals surface area (Å²) in [7, 11) is 0. The van der Waals surface area contributed by atoms with Crippen molar-refractivity contribution in [2.24, 2.45) is 0 Å². The maximum absolute atomic E-state index is 12.9. The molecule has 3 rings (SSSR count). The van der Waals surface area contributed by atoms with Gasteiger partial charge >= 0.3 is 0 Å². The highest BCUT2D eigenvalue weighted by molar-refractivity contribution is 5.59. The highest BCUT2D eigenvalue weighted by atomic mass is 19.1. The Bertz CT molecular complexity index is 773. The zero-order chi connectivity index (χ0) is 15.4. The molecule has 5 nitrogen and oxygen atoms in total. The fraction of sp³-hybridized carbons (Fsp3) is 0.0625. The molecule has 3 aromatic rings. The molecule has 0 aliphatic rings. The van der Waals surface area contributed by atoms with Gasteiger partial charge in [0.05, 0.1) is 6.20 Å². The van der Waals surface area contributed by atoms with Gasteiger partial charge < -0.3 is 10.6 Å². The monoisotopic (exact) mass is 295 g/mol. The molecule has 6 heteroatoms. The summed E-state index contributed by atoms with van der Waals surface area (Å²) in [6, 6.07) is 13.9. The van der Waals surface area contributed by atoms with Gasteiger partial charge in [-0.2, -0.15) is 10.1 Å². The van der Waals surface area contributed by atoms with E-state index in [1.54, 1.807) is 12.1 Å². The standard InChI is InChI=1S/C16H14FN5/c1-11-3-2-4-14(9-11)19-15-10-18-22-16(21-15)20-13-7-5-12(17)6-8-13/h2-10H,1H3,(H2,19,20,21,22). The van der Waals surface area contributed by atoms with E-state index in [9.17, 15) is 4.39 Å². The van der Waals surface area contributed by atoms with Gasteiger partial charge in [-0.05, 0) is 48.9 Å². The molecule has 1 heterocycles. The van der Waals surface area contributed by atoms with Gasteiger partial charge in [0.25, 0.3) is 0 Å². The summed E-state index contributed by atoms with van der Waals surface area (Å²) in [5.74, 6) is 0.619. The van der Waals surface area contributed by atoms with Crippen LogP contribution in [0, 0.1) is 12.7 Å². The third-order valence-electron chi connectivity index (χ3n) is 2.95. The van der Waals surface area contributed by atoms with Crippen molar-refractivity contribution in [1.82, 2.24) is 15.2 Å². The lowest BCUT2D eigenvalue weighted by molar-refractivity contribution is 0.628. The highest BCUT2D eigenvalue weighted by Crippen LogP contribution is 2.17. The Balaban J connectivity index is 1.76. The van der Waals surface area contributed by atoms with Crippen LogP contribution in [0.25, 0.3) is 0 Å². The highest BCUT2D eigenvalue weighted by Gasteiger charge is 2.02. The second-order valence-corrected chi connectivity index (χ2v) is 4.79. The van der Waals surface area contributed by atoms with Gasteiger partial charge in [-0.1, -0.05) is 12.1 Å². The topological polar surface area (TPSA) is 62.7 Å². The van der Waals surface area contributed by atoms with Gasteiger partial charge in [-0.25, -0.2) is 4.39 Å². The molecule has 2 N–H and O–H groups in total. The minimum absolute atomic E-state index is 0.292. The first-order chi connectivity index (χ1) is 10.7. The molecule has 0 spiro atoms. The van der Waals surface area contributed by atoms with Crippen molar-refractivity contribution in [1.29, 1.82) is 0 Å². The van der Waals surface area contributed by atoms with E-state index >= 15 is 0 Å². The van der Waals surface area contributed by atoms with Crippen LogP contribution in [0.15, 0.2) is 54.7 Å². The summed E-state index contributed by atoms with van der Waals surface area (Å²) in [5.41, 5.74) is 2.76. The van der Waals surface area contributed by atoms with Gasteiger partial charge in [-0.15, -0.1) is 5.10 Å². The average Bonchev–Trinajstić information content (AvgIpc) is 2.50. The van der Waals surface area contributed by atoms with Crippen molar-refractivity contribution in [3.05, 3.63) is 66.1 Å². The molecule has 0 amide bonds. The molecule has 22 heavy (non-hydrogen) atoms. The first kappa shape index (κ1) is 13.9. The fourth-order valence-corrected chi connectivity index (χ4v) is 1.95. The average molecular weight is 295 g/mol. The van der Waals surface area contributed by atoms with E-state index in [2.05, 4.69) is 25.8 Å². The third kappa shape index (κ3) is 3.54. The number of nitrogens with zero attached hydrogens (tertiary/aromatic N) is 3. The first-order valence-corrected chi connectivity index (χ1v) is 6.75. The predicted molar refractivity (Wildman–Crippen MR) is 84.0 cm³/mol. The van der Waals surface area contributed by atoms with Crippen LogP contribution >= 0.6 is 0 Å². The summed E-state index contributed by atoms with van der Waals surface area (Å²) >= 11 is 0. The van der Waals surface area contributed by atoms with Crippen molar-refractivity contribution in [2.45, 2.75) is 6.92 Å². The van der Waals surface area contributed by atoms with Crippen LogP contribution in [0.3, 0.4) is 0 Å². The molecule has 0 saturated carbocycles. The molecule has 1 aromatic heterocycles. The summed E-state index contributed by atoms with van der Waals surface area (Å²) < 4.78 is 12.9. The van der Waals surface area contributed by atoms with E-state index in [1.807, 2.05) is 31.2 Å². The van der Waals surface area contributed by atoms with Gasteiger partial charge in [-0.3, -0.25) is 0 Å². The number of hydrogen-bond acceptors (Lipinski definition) is 5. The van der Waals surface area contributed by atoms with Crippen molar-refractivity contribution >= 4 is 23.1 Å².